The molecule has 0 amide bonds. The van der Waals surface area contributed by atoms with Gasteiger partial charge >= 0.3 is 0 Å². The second kappa shape index (κ2) is 15.5. The Morgan fingerprint density at radius 3 is 0.500 bits per heavy atom. The molecular formula is C44H36N12. The number of anilines is 16. The van der Waals surface area contributed by atoms with Crippen LogP contribution >= 0.6 is 0 Å². The molecule has 8 aromatic rings. The number of rotatable bonds is 0. The fraction of sp³-hybridized carbons (Fsp3) is 0. The minimum Gasteiger partial charge on any atom is -0.340 e. The maximum atomic E-state index is 4.66. The van der Waals surface area contributed by atoms with E-state index in [-0.39, 0.29) is 0 Å². The van der Waals surface area contributed by atoms with Gasteiger partial charge in [-0.15, -0.1) is 0 Å². The smallest absolute Gasteiger partial charge is 0.132 e. The molecule has 2 aliphatic rings. The summed E-state index contributed by atoms with van der Waals surface area (Å²) in [6.45, 7) is 0. The van der Waals surface area contributed by atoms with Crippen molar-refractivity contribution in [1.29, 1.82) is 0 Å². The second-order valence-corrected chi connectivity index (χ2v) is 13.0. The molecule has 8 N–H and O–H groups in total. The van der Waals surface area contributed by atoms with Crippen LogP contribution < -0.4 is 42.5 Å². The molecule has 10 rings (SSSR count). The highest BCUT2D eigenvalue weighted by atomic mass is 15.1. The summed E-state index contributed by atoms with van der Waals surface area (Å²) in [6.07, 6.45) is 0. The first-order chi connectivity index (χ1) is 27.6. The molecule has 0 radical (unpaired) electrons. The highest BCUT2D eigenvalue weighted by Gasteiger charge is 2.08. The van der Waals surface area contributed by atoms with Crippen molar-refractivity contribution in [2.45, 2.75) is 0 Å². The number of nitrogens with one attached hydrogen (secondary N) is 8. The quantitative estimate of drug-likeness (QED) is 0.0750. The molecule has 56 heavy (non-hydrogen) atoms. The molecule has 16 bridgehead atoms. The monoisotopic (exact) mass is 732 g/mol. The summed E-state index contributed by atoms with van der Waals surface area (Å²) in [5, 5.41) is 26.8. The van der Waals surface area contributed by atoms with Crippen LogP contribution in [0.2, 0.25) is 0 Å². The maximum Gasteiger partial charge on any atom is 0.132 e. The van der Waals surface area contributed by atoms with E-state index in [0.29, 0.717) is 0 Å². The number of aromatic nitrogens is 4. The zero-order valence-corrected chi connectivity index (χ0v) is 30.0. The fourth-order valence-electron chi connectivity index (χ4n) is 6.18. The number of nitrogens with zero attached hydrogens (tertiary/aromatic N) is 4. The highest BCUT2D eigenvalue weighted by Crippen LogP contribution is 2.29. The zero-order valence-electron chi connectivity index (χ0n) is 30.0. The molecule has 12 heteroatoms. The van der Waals surface area contributed by atoms with Crippen LogP contribution in [0.25, 0.3) is 0 Å². The van der Waals surface area contributed by atoms with Gasteiger partial charge in [0.1, 0.15) is 46.5 Å². The van der Waals surface area contributed by atoms with Crippen LogP contribution in [0, 0.1) is 0 Å². The number of fused-ring (bicyclic) bond motifs is 16. The molecule has 0 unspecified atom stereocenters. The number of hydrogen-bond donors (Lipinski definition) is 8. The van der Waals surface area contributed by atoms with E-state index in [9.17, 15) is 0 Å². The Morgan fingerprint density at radius 2 is 0.339 bits per heavy atom. The number of pyridine rings is 4. The Bertz CT molecular complexity index is 1960. The van der Waals surface area contributed by atoms with E-state index in [1.54, 1.807) is 0 Å². The van der Waals surface area contributed by atoms with Gasteiger partial charge in [-0.25, -0.2) is 19.9 Å². The van der Waals surface area contributed by atoms with E-state index >= 15 is 0 Å². The Kier molecular flexibility index (Phi) is 9.31. The van der Waals surface area contributed by atoms with Crippen molar-refractivity contribution in [3.63, 3.8) is 0 Å². The summed E-state index contributed by atoms with van der Waals surface area (Å²) < 4.78 is 0. The summed E-state index contributed by atoms with van der Waals surface area (Å²) >= 11 is 0. The largest absolute Gasteiger partial charge is 0.340 e. The lowest BCUT2D eigenvalue weighted by Gasteiger charge is -2.14. The standard InChI is InChI=1S/2C22H18N6/c2*1-5-15-13-16(6-1)24-20-10-4-12-22(28-20)26-18-8-2-7-17(14-18)25-21-11-3-9-19(23-15)27-21/h2*1-14H,(H2,23,25,27)(H2,24,26,28). The van der Waals surface area contributed by atoms with Gasteiger partial charge in [0.05, 0.1) is 0 Å². The molecule has 0 aliphatic carbocycles. The third kappa shape index (κ3) is 8.56. The van der Waals surface area contributed by atoms with Gasteiger partial charge < -0.3 is 42.5 Å². The third-order valence-corrected chi connectivity index (χ3v) is 8.63. The molecule has 0 spiro atoms. The fourth-order valence-corrected chi connectivity index (χ4v) is 6.18. The van der Waals surface area contributed by atoms with Crippen LogP contribution in [0.4, 0.5) is 92.0 Å². The van der Waals surface area contributed by atoms with Gasteiger partial charge in [-0.2, -0.15) is 0 Å². The van der Waals surface area contributed by atoms with Crippen LogP contribution in [-0.4, -0.2) is 19.9 Å². The predicted molar refractivity (Wildman–Crippen MR) is 229 cm³/mol. The van der Waals surface area contributed by atoms with E-state index in [1.807, 2.05) is 170 Å². The van der Waals surface area contributed by atoms with Crippen molar-refractivity contribution in [3.05, 3.63) is 170 Å². The van der Waals surface area contributed by atoms with Crippen LogP contribution in [0.3, 0.4) is 0 Å². The summed E-state index contributed by atoms with van der Waals surface area (Å²) in [6, 6.07) is 55.5. The minimum atomic E-state index is 0.767. The van der Waals surface area contributed by atoms with Gasteiger partial charge in [0, 0.05) is 45.5 Å². The van der Waals surface area contributed by atoms with Crippen LogP contribution in [-0.2, 0) is 0 Å². The molecule has 272 valence electrons. The first kappa shape index (κ1) is 33.7. The molecule has 0 saturated heterocycles. The SMILES string of the molecule is c1cc2cc(c1)Nc1cccc(n1)Nc1cccc(c1)Nc1cccc(n1)N2.c1cc2cc(c1)Nc1cccc(n1)Nc1cccc(c1)Nc1cccc(n1)N2. The van der Waals surface area contributed by atoms with E-state index < -0.39 is 0 Å². The highest BCUT2D eigenvalue weighted by molar-refractivity contribution is 5.73. The second-order valence-electron chi connectivity index (χ2n) is 13.0. The first-order valence-electron chi connectivity index (χ1n) is 18.1. The Balaban J connectivity index is 0.000000146. The molecule has 6 heterocycles. The summed E-state index contributed by atoms with van der Waals surface area (Å²) in [5.74, 6) is 6.14. The first-order valence-corrected chi connectivity index (χ1v) is 18.1. The van der Waals surface area contributed by atoms with Crippen molar-refractivity contribution in [1.82, 2.24) is 19.9 Å². The van der Waals surface area contributed by atoms with Crippen LogP contribution in [0.5, 0.6) is 0 Å². The van der Waals surface area contributed by atoms with Crippen molar-refractivity contribution < 1.29 is 0 Å². The van der Waals surface area contributed by atoms with Gasteiger partial charge in [-0.05, 0) is 121 Å². The molecule has 12 nitrogen and oxygen atoms in total. The average molecular weight is 733 g/mol. The van der Waals surface area contributed by atoms with Gasteiger partial charge in [0.25, 0.3) is 0 Å². The normalized spacial score (nSPS) is 12.0. The molecular weight excluding hydrogens is 697 g/mol. The van der Waals surface area contributed by atoms with Crippen LogP contribution in [0.1, 0.15) is 0 Å². The summed E-state index contributed by atoms with van der Waals surface area (Å²) in [5.41, 5.74) is 7.54. The predicted octanol–water partition coefficient (Wildman–Crippen LogP) is 11.5. The number of hydrogen-bond acceptors (Lipinski definition) is 12. The van der Waals surface area contributed by atoms with E-state index in [4.69, 9.17) is 0 Å². The summed E-state index contributed by atoms with van der Waals surface area (Å²) in [4.78, 5) is 18.6. The van der Waals surface area contributed by atoms with Gasteiger partial charge in [0.15, 0.2) is 0 Å². The van der Waals surface area contributed by atoms with Gasteiger partial charge in [-0.3, -0.25) is 0 Å². The molecule has 4 aromatic heterocycles. The van der Waals surface area contributed by atoms with Gasteiger partial charge in [0.2, 0.25) is 0 Å². The van der Waals surface area contributed by atoms with Crippen molar-refractivity contribution in [2.24, 2.45) is 0 Å². The van der Waals surface area contributed by atoms with E-state index in [2.05, 4.69) is 62.5 Å². The zero-order chi connectivity index (χ0) is 37.5. The number of benzene rings is 4. The van der Waals surface area contributed by atoms with Crippen molar-refractivity contribution >= 4 is 92.0 Å². The van der Waals surface area contributed by atoms with E-state index in [0.717, 1.165) is 92.0 Å². The Labute approximate surface area is 323 Å². The molecule has 2 aliphatic heterocycles. The third-order valence-electron chi connectivity index (χ3n) is 8.63. The van der Waals surface area contributed by atoms with Crippen molar-refractivity contribution in [2.75, 3.05) is 42.5 Å². The topological polar surface area (TPSA) is 148 Å². The lowest BCUT2D eigenvalue weighted by molar-refractivity contribution is 1.28. The molecule has 0 fully saturated rings. The van der Waals surface area contributed by atoms with E-state index in [1.165, 1.54) is 0 Å². The lowest BCUT2D eigenvalue weighted by Crippen LogP contribution is -2.01. The molecule has 0 saturated carbocycles. The Morgan fingerprint density at radius 1 is 0.196 bits per heavy atom. The lowest BCUT2D eigenvalue weighted by atomic mass is 10.2. The van der Waals surface area contributed by atoms with Gasteiger partial charge in [-0.1, -0.05) is 48.5 Å². The van der Waals surface area contributed by atoms with Crippen molar-refractivity contribution in [3.8, 4) is 0 Å². The Hall–Kier alpha value is -8.12. The molecule has 0 atom stereocenters. The average Bonchev–Trinajstić information content (AvgIpc) is 3.19. The minimum absolute atomic E-state index is 0.767. The van der Waals surface area contributed by atoms with Crippen LogP contribution in [0.15, 0.2) is 170 Å². The maximum absolute atomic E-state index is 4.66. The summed E-state index contributed by atoms with van der Waals surface area (Å²) in [7, 11) is 0. The molecule has 4 aromatic carbocycles.